The zero-order valence-corrected chi connectivity index (χ0v) is 12.6. The summed E-state index contributed by atoms with van der Waals surface area (Å²) in [7, 11) is 0. The van der Waals surface area contributed by atoms with Gasteiger partial charge in [-0.05, 0) is 25.2 Å². The number of carbonyl (C=O) groups excluding carboxylic acids is 1. The highest BCUT2D eigenvalue weighted by atomic mass is 16.2. The van der Waals surface area contributed by atoms with Gasteiger partial charge in [0.25, 0.3) is 0 Å². The van der Waals surface area contributed by atoms with Crippen LogP contribution in [0, 0.1) is 11.3 Å². The van der Waals surface area contributed by atoms with E-state index < -0.39 is 0 Å². The number of nitrogen functional groups attached to an aromatic ring is 1. The topological polar surface area (TPSA) is 72.9 Å². The highest BCUT2D eigenvalue weighted by Gasteiger charge is 2.40. The normalized spacial score (nSPS) is 17.6. The summed E-state index contributed by atoms with van der Waals surface area (Å²) >= 11 is 0. The molecule has 0 unspecified atom stereocenters. The van der Waals surface area contributed by atoms with Gasteiger partial charge >= 0.3 is 0 Å². The fourth-order valence-electron chi connectivity index (χ4n) is 3.33. The molecule has 1 aromatic heterocycles. The van der Waals surface area contributed by atoms with Gasteiger partial charge in [-0.2, -0.15) is 5.10 Å². The van der Waals surface area contributed by atoms with E-state index in [4.69, 9.17) is 5.73 Å². The van der Waals surface area contributed by atoms with E-state index in [-0.39, 0.29) is 11.3 Å². The van der Waals surface area contributed by atoms with Crippen LogP contribution in [0.5, 0.6) is 0 Å². The highest BCUT2D eigenvalue weighted by Crippen LogP contribution is 2.43. The summed E-state index contributed by atoms with van der Waals surface area (Å²) in [5, 5.41) is 7.20. The van der Waals surface area contributed by atoms with Crippen LogP contribution in [-0.2, 0) is 11.3 Å². The number of rotatable bonds is 6. The molecule has 1 aliphatic rings. The van der Waals surface area contributed by atoms with Gasteiger partial charge in [0.05, 0.1) is 18.4 Å². The Kier molecular flexibility index (Phi) is 4.68. The first-order valence-electron chi connectivity index (χ1n) is 7.58. The van der Waals surface area contributed by atoms with Gasteiger partial charge in [0.1, 0.15) is 0 Å². The molecule has 1 fully saturated rings. The van der Waals surface area contributed by atoms with Gasteiger partial charge < -0.3 is 11.1 Å². The lowest BCUT2D eigenvalue weighted by Crippen LogP contribution is -2.41. The Morgan fingerprint density at radius 3 is 2.75 bits per heavy atom. The molecule has 1 saturated carbocycles. The summed E-state index contributed by atoms with van der Waals surface area (Å²) in [5.74, 6) is 0.786. The van der Waals surface area contributed by atoms with Crippen molar-refractivity contribution in [2.45, 2.75) is 52.5 Å². The maximum atomic E-state index is 12.5. The second kappa shape index (κ2) is 6.29. The van der Waals surface area contributed by atoms with Crippen molar-refractivity contribution in [1.29, 1.82) is 0 Å². The van der Waals surface area contributed by atoms with Crippen LogP contribution in [0.3, 0.4) is 0 Å². The molecule has 0 saturated heterocycles. The zero-order chi connectivity index (χ0) is 14.6. The van der Waals surface area contributed by atoms with Crippen LogP contribution >= 0.6 is 0 Å². The molecule has 5 heteroatoms. The molecule has 1 aliphatic carbocycles. The van der Waals surface area contributed by atoms with E-state index in [0.29, 0.717) is 24.7 Å². The Hall–Kier alpha value is -1.52. The van der Waals surface area contributed by atoms with E-state index in [1.807, 2.05) is 0 Å². The van der Waals surface area contributed by atoms with Crippen molar-refractivity contribution in [2.24, 2.45) is 11.3 Å². The van der Waals surface area contributed by atoms with Crippen molar-refractivity contribution in [3.63, 3.8) is 0 Å². The molecule has 0 bridgehead atoms. The molecule has 0 aromatic carbocycles. The van der Waals surface area contributed by atoms with E-state index in [1.165, 1.54) is 12.8 Å². The average molecular weight is 278 g/mol. The Morgan fingerprint density at radius 1 is 1.50 bits per heavy atom. The van der Waals surface area contributed by atoms with Gasteiger partial charge in [0.2, 0.25) is 5.91 Å². The quantitative estimate of drug-likeness (QED) is 0.837. The standard InChI is InChI=1S/C15H26N4O/c1-12(2)9-15(5-3-4-6-15)14(20)17-7-8-19-11-13(16)10-18-19/h10-12H,3-9,16H2,1-2H3,(H,17,20). The van der Waals surface area contributed by atoms with Crippen molar-refractivity contribution < 1.29 is 4.79 Å². The minimum atomic E-state index is -0.128. The first-order valence-corrected chi connectivity index (χ1v) is 7.58. The molecular formula is C15H26N4O. The molecule has 112 valence electrons. The van der Waals surface area contributed by atoms with Crippen LogP contribution in [0.25, 0.3) is 0 Å². The van der Waals surface area contributed by atoms with E-state index in [2.05, 4.69) is 24.3 Å². The minimum Gasteiger partial charge on any atom is -0.396 e. The predicted octanol–water partition coefficient (Wildman–Crippen LogP) is 2.19. The molecule has 20 heavy (non-hydrogen) atoms. The van der Waals surface area contributed by atoms with Gasteiger partial charge in [-0.25, -0.2) is 0 Å². The molecule has 0 spiro atoms. The number of nitrogens with zero attached hydrogens (tertiary/aromatic N) is 2. The molecule has 0 radical (unpaired) electrons. The summed E-state index contributed by atoms with van der Waals surface area (Å²) in [6, 6.07) is 0. The fraction of sp³-hybridized carbons (Fsp3) is 0.733. The molecule has 1 amide bonds. The second-order valence-electron chi connectivity index (χ2n) is 6.38. The van der Waals surface area contributed by atoms with Gasteiger partial charge in [-0.1, -0.05) is 26.7 Å². The summed E-state index contributed by atoms with van der Waals surface area (Å²) in [6.07, 6.45) is 8.82. The van der Waals surface area contributed by atoms with Crippen molar-refractivity contribution in [3.8, 4) is 0 Å². The van der Waals surface area contributed by atoms with Gasteiger partial charge in [-0.15, -0.1) is 0 Å². The van der Waals surface area contributed by atoms with Crippen molar-refractivity contribution >= 4 is 11.6 Å². The Labute approximate surface area is 120 Å². The number of hydrogen-bond acceptors (Lipinski definition) is 3. The van der Waals surface area contributed by atoms with Crippen LogP contribution in [-0.4, -0.2) is 22.2 Å². The molecule has 2 rings (SSSR count). The SMILES string of the molecule is CC(C)CC1(C(=O)NCCn2cc(N)cn2)CCCC1. The Bertz CT molecular complexity index is 446. The number of hydrogen-bond donors (Lipinski definition) is 2. The molecule has 1 aromatic rings. The largest absolute Gasteiger partial charge is 0.396 e. The van der Waals surface area contributed by atoms with Gasteiger partial charge in [0, 0.05) is 18.2 Å². The molecule has 5 nitrogen and oxygen atoms in total. The number of amides is 1. The van der Waals surface area contributed by atoms with Gasteiger partial charge in [0.15, 0.2) is 0 Å². The molecular weight excluding hydrogens is 252 g/mol. The molecule has 3 N–H and O–H groups in total. The van der Waals surface area contributed by atoms with Crippen LogP contribution in [0.4, 0.5) is 5.69 Å². The number of anilines is 1. The lowest BCUT2D eigenvalue weighted by molar-refractivity contribution is -0.131. The van der Waals surface area contributed by atoms with Crippen LogP contribution in [0.15, 0.2) is 12.4 Å². The molecule has 0 atom stereocenters. The van der Waals surface area contributed by atoms with E-state index in [1.54, 1.807) is 17.1 Å². The zero-order valence-electron chi connectivity index (χ0n) is 12.6. The maximum absolute atomic E-state index is 12.5. The maximum Gasteiger partial charge on any atom is 0.226 e. The third-order valence-electron chi connectivity index (χ3n) is 4.12. The minimum absolute atomic E-state index is 0.128. The first kappa shape index (κ1) is 14.9. The summed E-state index contributed by atoms with van der Waals surface area (Å²) < 4.78 is 1.76. The van der Waals surface area contributed by atoms with Crippen molar-refractivity contribution in [1.82, 2.24) is 15.1 Å². The Balaban J connectivity index is 1.86. The molecule has 0 aliphatic heterocycles. The fourth-order valence-corrected chi connectivity index (χ4v) is 3.33. The Morgan fingerprint density at radius 2 is 2.20 bits per heavy atom. The number of nitrogens with one attached hydrogen (secondary N) is 1. The lowest BCUT2D eigenvalue weighted by atomic mass is 9.77. The summed E-state index contributed by atoms with van der Waals surface area (Å²) in [6.45, 7) is 5.67. The second-order valence-corrected chi connectivity index (χ2v) is 6.38. The van der Waals surface area contributed by atoms with Crippen LogP contribution in [0.1, 0.15) is 46.0 Å². The highest BCUT2D eigenvalue weighted by molar-refractivity contribution is 5.82. The summed E-state index contributed by atoms with van der Waals surface area (Å²) in [5.41, 5.74) is 6.14. The van der Waals surface area contributed by atoms with Crippen LogP contribution < -0.4 is 11.1 Å². The average Bonchev–Trinajstić information content (AvgIpc) is 2.99. The van der Waals surface area contributed by atoms with Crippen molar-refractivity contribution in [3.05, 3.63) is 12.4 Å². The summed E-state index contributed by atoms with van der Waals surface area (Å²) in [4.78, 5) is 12.5. The predicted molar refractivity (Wildman–Crippen MR) is 80.0 cm³/mol. The number of carbonyl (C=O) groups is 1. The smallest absolute Gasteiger partial charge is 0.226 e. The van der Waals surface area contributed by atoms with Crippen LogP contribution in [0.2, 0.25) is 0 Å². The number of aromatic nitrogens is 2. The van der Waals surface area contributed by atoms with Gasteiger partial charge in [-0.3, -0.25) is 9.48 Å². The van der Waals surface area contributed by atoms with E-state index in [0.717, 1.165) is 19.3 Å². The third-order valence-corrected chi connectivity index (χ3v) is 4.12. The van der Waals surface area contributed by atoms with E-state index in [9.17, 15) is 4.79 Å². The third kappa shape index (κ3) is 3.52. The monoisotopic (exact) mass is 278 g/mol. The van der Waals surface area contributed by atoms with Crippen molar-refractivity contribution in [2.75, 3.05) is 12.3 Å². The number of nitrogens with two attached hydrogens (primary N) is 1. The first-order chi connectivity index (χ1) is 9.52. The lowest BCUT2D eigenvalue weighted by Gasteiger charge is -2.29. The van der Waals surface area contributed by atoms with E-state index >= 15 is 0 Å². The molecule has 1 heterocycles.